The number of carbonyl (C=O) groups excluding carboxylic acids is 1. The lowest BCUT2D eigenvalue weighted by molar-refractivity contribution is -0.113. The third-order valence-corrected chi connectivity index (χ3v) is 6.46. The van der Waals surface area contributed by atoms with Crippen LogP contribution in [0.25, 0.3) is 10.8 Å². The van der Waals surface area contributed by atoms with Gasteiger partial charge >= 0.3 is 0 Å². The summed E-state index contributed by atoms with van der Waals surface area (Å²) in [6.45, 7) is 1.62. The number of benzene rings is 2. The summed E-state index contributed by atoms with van der Waals surface area (Å²) < 4.78 is 8.00. The zero-order valence-electron chi connectivity index (χ0n) is 16.2. The molecule has 1 aliphatic heterocycles. The average Bonchev–Trinajstić information content (AvgIpc) is 3.30. The van der Waals surface area contributed by atoms with Crippen molar-refractivity contribution < 1.29 is 9.53 Å². The number of nitrogens with zero attached hydrogens (tertiary/aromatic N) is 3. The third kappa shape index (κ3) is 4.16. The van der Waals surface area contributed by atoms with Crippen LogP contribution in [0.2, 0.25) is 0 Å². The van der Waals surface area contributed by atoms with Crippen LogP contribution in [-0.2, 0) is 16.1 Å². The highest BCUT2D eigenvalue weighted by molar-refractivity contribution is 7.99. The van der Waals surface area contributed by atoms with Crippen molar-refractivity contribution in [1.82, 2.24) is 14.8 Å². The molecule has 2 aliphatic rings. The number of anilines is 1. The van der Waals surface area contributed by atoms with E-state index in [0.29, 0.717) is 11.7 Å². The van der Waals surface area contributed by atoms with Crippen LogP contribution < -0.4 is 5.32 Å². The molecule has 0 unspecified atom stereocenters. The molecular weight excluding hydrogens is 384 g/mol. The fraction of sp³-hybridized carbons (Fsp3) is 0.409. The molecule has 1 aromatic heterocycles. The monoisotopic (exact) mass is 408 g/mol. The van der Waals surface area contributed by atoms with Crippen LogP contribution in [0.1, 0.15) is 37.4 Å². The van der Waals surface area contributed by atoms with Crippen LogP contribution in [0.4, 0.5) is 5.69 Å². The topological polar surface area (TPSA) is 69.0 Å². The Hall–Kier alpha value is -2.38. The molecule has 2 fully saturated rings. The second kappa shape index (κ2) is 8.16. The summed E-state index contributed by atoms with van der Waals surface area (Å²) in [5, 5.41) is 14.8. The van der Waals surface area contributed by atoms with E-state index in [9.17, 15) is 4.79 Å². The van der Waals surface area contributed by atoms with Gasteiger partial charge in [-0.1, -0.05) is 48.2 Å². The van der Waals surface area contributed by atoms with E-state index in [-0.39, 0.29) is 12.0 Å². The largest absolute Gasteiger partial charge is 0.376 e. The Balaban J connectivity index is 1.27. The molecule has 1 N–H and O–H groups in total. The molecular formula is C22H24N4O2S. The number of ether oxygens (including phenoxy) is 1. The maximum Gasteiger partial charge on any atom is 0.234 e. The second-order valence-corrected chi connectivity index (χ2v) is 8.67. The first-order chi connectivity index (χ1) is 14.3. The van der Waals surface area contributed by atoms with E-state index >= 15 is 0 Å². The lowest BCUT2D eigenvalue weighted by Crippen LogP contribution is -2.19. The summed E-state index contributed by atoms with van der Waals surface area (Å²) in [6, 6.07) is 14.0. The number of thioether (sulfide) groups is 1. The summed E-state index contributed by atoms with van der Waals surface area (Å²) >= 11 is 1.45. The van der Waals surface area contributed by atoms with Crippen molar-refractivity contribution in [2.45, 2.75) is 49.4 Å². The van der Waals surface area contributed by atoms with Gasteiger partial charge in [-0.15, -0.1) is 10.2 Å². The first kappa shape index (κ1) is 18.6. The molecule has 2 heterocycles. The van der Waals surface area contributed by atoms with Gasteiger partial charge in [-0.2, -0.15) is 0 Å². The van der Waals surface area contributed by atoms with Gasteiger partial charge in [-0.3, -0.25) is 4.79 Å². The van der Waals surface area contributed by atoms with E-state index in [1.54, 1.807) is 0 Å². The molecule has 6 nitrogen and oxygen atoms in total. The van der Waals surface area contributed by atoms with Crippen molar-refractivity contribution in [3.63, 3.8) is 0 Å². The highest BCUT2D eigenvalue weighted by Gasteiger charge is 2.32. The first-order valence-electron chi connectivity index (χ1n) is 10.2. The lowest BCUT2D eigenvalue weighted by atomic mass is 10.1. The Morgan fingerprint density at radius 1 is 1.14 bits per heavy atom. The van der Waals surface area contributed by atoms with E-state index < -0.39 is 0 Å². The Morgan fingerprint density at radius 2 is 2.00 bits per heavy atom. The number of hydrogen-bond donors (Lipinski definition) is 1. The molecule has 29 heavy (non-hydrogen) atoms. The maximum absolute atomic E-state index is 12.6. The molecule has 3 aromatic rings. The third-order valence-electron chi connectivity index (χ3n) is 5.49. The van der Waals surface area contributed by atoms with Crippen LogP contribution in [0.5, 0.6) is 0 Å². The van der Waals surface area contributed by atoms with Gasteiger partial charge in [0.05, 0.1) is 18.4 Å². The molecule has 5 rings (SSSR count). The van der Waals surface area contributed by atoms with Crippen LogP contribution in [0, 0.1) is 0 Å². The number of rotatable bonds is 7. The number of nitrogens with one attached hydrogen (secondary N) is 1. The van der Waals surface area contributed by atoms with Crippen molar-refractivity contribution in [2.24, 2.45) is 0 Å². The molecule has 0 spiro atoms. The molecule has 0 radical (unpaired) electrons. The van der Waals surface area contributed by atoms with Gasteiger partial charge in [0.15, 0.2) is 5.16 Å². The molecule has 1 saturated carbocycles. The molecule has 7 heteroatoms. The van der Waals surface area contributed by atoms with Crippen LogP contribution in [0.15, 0.2) is 47.6 Å². The predicted octanol–water partition coefficient (Wildman–Crippen LogP) is 4.22. The van der Waals surface area contributed by atoms with Gasteiger partial charge < -0.3 is 14.6 Å². The lowest BCUT2D eigenvalue weighted by Gasteiger charge is -2.14. The Kier molecular flexibility index (Phi) is 5.24. The Bertz CT molecular complexity index is 1020. The fourth-order valence-electron chi connectivity index (χ4n) is 3.86. The molecule has 1 saturated heterocycles. The smallest absolute Gasteiger partial charge is 0.234 e. The fourth-order valence-corrected chi connectivity index (χ4v) is 4.62. The van der Waals surface area contributed by atoms with Crippen molar-refractivity contribution in [3.8, 4) is 0 Å². The van der Waals surface area contributed by atoms with E-state index in [1.807, 2.05) is 42.5 Å². The zero-order valence-corrected chi connectivity index (χ0v) is 17.0. The SMILES string of the molecule is O=C(CSc1nnc(C2CC2)n1C[C@@H]1CCCO1)Nc1cccc2ccccc12. The minimum absolute atomic E-state index is 0.0361. The van der Waals surface area contributed by atoms with Crippen molar-refractivity contribution in [3.05, 3.63) is 48.3 Å². The zero-order chi connectivity index (χ0) is 19.6. The summed E-state index contributed by atoms with van der Waals surface area (Å²) in [7, 11) is 0. The number of aromatic nitrogens is 3. The number of carbonyl (C=O) groups is 1. The van der Waals surface area contributed by atoms with Gasteiger partial charge in [0.1, 0.15) is 5.82 Å². The van der Waals surface area contributed by atoms with E-state index in [0.717, 1.165) is 53.4 Å². The van der Waals surface area contributed by atoms with E-state index in [4.69, 9.17) is 4.74 Å². The summed E-state index contributed by atoms with van der Waals surface area (Å²) in [6.07, 6.45) is 4.77. The van der Waals surface area contributed by atoms with Crippen LogP contribution >= 0.6 is 11.8 Å². The summed E-state index contributed by atoms with van der Waals surface area (Å²) in [5.41, 5.74) is 0.841. The number of fused-ring (bicyclic) bond motifs is 1. The van der Waals surface area contributed by atoms with E-state index in [2.05, 4.69) is 20.1 Å². The molecule has 0 bridgehead atoms. The van der Waals surface area contributed by atoms with Crippen LogP contribution in [-0.4, -0.2) is 39.1 Å². The van der Waals surface area contributed by atoms with Gasteiger partial charge in [0.25, 0.3) is 0 Å². The number of hydrogen-bond acceptors (Lipinski definition) is 5. The Labute approximate surface area is 174 Å². The predicted molar refractivity (Wildman–Crippen MR) is 114 cm³/mol. The molecule has 2 aromatic carbocycles. The van der Waals surface area contributed by atoms with E-state index in [1.165, 1.54) is 24.6 Å². The van der Waals surface area contributed by atoms with Gasteiger partial charge in [0, 0.05) is 23.6 Å². The average molecular weight is 409 g/mol. The highest BCUT2D eigenvalue weighted by Crippen LogP contribution is 2.40. The maximum atomic E-state index is 12.6. The molecule has 1 amide bonds. The van der Waals surface area contributed by atoms with Crippen molar-refractivity contribution in [2.75, 3.05) is 17.7 Å². The number of amides is 1. The quantitative estimate of drug-likeness (QED) is 0.593. The summed E-state index contributed by atoms with van der Waals surface area (Å²) in [5.74, 6) is 1.84. The van der Waals surface area contributed by atoms with Gasteiger partial charge in [0.2, 0.25) is 5.91 Å². The second-order valence-electron chi connectivity index (χ2n) is 7.72. The molecule has 1 atom stereocenters. The molecule has 1 aliphatic carbocycles. The van der Waals surface area contributed by atoms with Gasteiger partial charge in [-0.25, -0.2) is 0 Å². The molecule has 150 valence electrons. The standard InChI is InChI=1S/C22H24N4O2S/c27-20(23-19-9-3-6-15-5-1-2-8-18(15)19)14-29-22-25-24-21(16-10-11-16)26(22)13-17-7-4-12-28-17/h1-3,5-6,8-9,16-17H,4,7,10-14H2,(H,23,27)/t17-/m0/s1. The highest BCUT2D eigenvalue weighted by atomic mass is 32.2. The van der Waals surface area contributed by atoms with Crippen molar-refractivity contribution in [1.29, 1.82) is 0 Å². The van der Waals surface area contributed by atoms with Gasteiger partial charge in [-0.05, 0) is 37.1 Å². The Morgan fingerprint density at radius 3 is 2.83 bits per heavy atom. The van der Waals surface area contributed by atoms with Crippen molar-refractivity contribution >= 4 is 34.1 Å². The van der Waals surface area contributed by atoms with Crippen LogP contribution in [0.3, 0.4) is 0 Å². The first-order valence-corrected chi connectivity index (χ1v) is 11.2. The minimum Gasteiger partial charge on any atom is -0.376 e. The minimum atomic E-state index is -0.0361. The normalized spacial score (nSPS) is 19.0. The summed E-state index contributed by atoms with van der Waals surface area (Å²) in [4.78, 5) is 12.6.